The Hall–Kier alpha value is -1.23. The summed E-state index contributed by atoms with van der Waals surface area (Å²) in [6.45, 7) is 2.22. The van der Waals surface area contributed by atoms with Gasteiger partial charge in [0, 0.05) is 6.07 Å². The summed E-state index contributed by atoms with van der Waals surface area (Å²) in [6.07, 6.45) is 2.44. The van der Waals surface area contributed by atoms with E-state index >= 15 is 0 Å². The van der Waals surface area contributed by atoms with E-state index in [1.165, 1.54) is 0 Å². The number of hydrogen-bond acceptors (Lipinski definition) is 4. The van der Waals surface area contributed by atoms with Crippen LogP contribution in [-0.4, -0.2) is 31.6 Å². The first-order valence-corrected chi connectivity index (χ1v) is 7.55. The molecule has 0 bridgehead atoms. The van der Waals surface area contributed by atoms with E-state index in [1.54, 1.807) is 21.1 Å². The van der Waals surface area contributed by atoms with Crippen LogP contribution in [0.4, 0.5) is 0 Å². The number of halogens is 1. The quantitative estimate of drug-likeness (QED) is 0.535. The van der Waals surface area contributed by atoms with Crippen molar-refractivity contribution < 1.29 is 19.0 Å². The summed E-state index contributed by atoms with van der Waals surface area (Å²) in [7, 11) is 3.27. The molecule has 1 atom stereocenters. The Bertz CT molecular complexity index is 434. The van der Waals surface area contributed by atoms with Gasteiger partial charge in [-0.2, -0.15) is 0 Å². The van der Waals surface area contributed by atoms with Crippen LogP contribution in [0.1, 0.15) is 25.3 Å². The highest BCUT2D eigenvalue weighted by Crippen LogP contribution is 2.26. The van der Waals surface area contributed by atoms with Crippen LogP contribution >= 0.6 is 15.9 Å². The summed E-state index contributed by atoms with van der Waals surface area (Å²) < 4.78 is 15.5. The lowest BCUT2D eigenvalue weighted by molar-refractivity contribution is -0.142. The maximum atomic E-state index is 11.5. The molecule has 0 aliphatic rings. The van der Waals surface area contributed by atoms with Crippen LogP contribution in [-0.2, 0) is 16.0 Å². The van der Waals surface area contributed by atoms with E-state index in [0.29, 0.717) is 6.61 Å². The molecule has 0 aromatic heterocycles. The predicted octanol–water partition coefficient (Wildman–Crippen LogP) is 3.35. The van der Waals surface area contributed by atoms with Crippen molar-refractivity contribution in [2.45, 2.75) is 31.0 Å². The zero-order chi connectivity index (χ0) is 15.0. The topological polar surface area (TPSA) is 44.8 Å². The third-order valence-electron chi connectivity index (χ3n) is 2.94. The molecule has 1 unspecified atom stereocenters. The van der Waals surface area contributed by atoms with Gasteiger partial charge in [-0.1, -0.05) is 22.0 Å². The molecule has 0 radical (unpaired) electrons. The van der Waals surface area contributed by atoms with Gasteiger partial charge in [0.1, 0.15) is 16.3 Å². The van der Waals surface area contributed by atoms with Gasteiger partial charge >= 0.3 is 5.97 Å². The molecule has 1 aromatic carbocycles. The molecular weight excluding hydrogens is 324 g/mol. The van der Waals surface area contributed by atoms with Crippen LogP contribution in [0.2, 0.25) is 0 Å². The fraction of sp³-hybridized carbons (Fsp3) is 0.533. The first kappa shape index (κ1) is 16.8. The van der Waals surface area contributed by atoms with E-state index in [2.05, 4.69) is 15.9 Å². The second-order valence-electron chi connectivity index (χ2n) is 4.29. The lowest BCUT2D eigenvalue weighted by atomic mass is 10.1. The fourth-order valence-electron chi connectivity index (χ4n) is 1.88. The number of hydrogen-bond donors (Lipinski definition) is 0. The second kappa shape index (κ2) is 8.84. The summed E-state index contributed by atoms with van der Waals surface area (Å²) in [5.41, 5.74) is 1.11. The van der Waals surface area contributed by atoms with Crippen molar-refractivity contribution in [3.63, 3.8) is 0 Å². The van der Waals surface area contributed by atoms with Gasteiger partial charge in [0.05, 0.1) is 20.8 Å². The molecule has 0 aliphatic carbocycles. The maximum absolute atomic E-state index is 11.5. The number of benzene rings is 1. The SMILES string of the molecule is CCOC(=O)C(Br)CCCc1ccc(OC)cc1OC. The summed E-state index contributed by atoms with van der Waals surface area (Å²) in [5.74, 6) is 1.39. The van der Waals surface area contributed by atoms with Gasteiger partial charge in [-0.15, -0.1) is 0 Å². The number of methoxy groups -OCH3 is 2. The van der Waals surface area contributed by atoms with Crippen molar-refractivity contribution in [3.05, 3.63) is 23.8 Å². The number of carbonyl (C=O) groups is 1. The number of esters is 1. The average Bonchev–Trinajstić information content (AvgIpc) is 2.47. The standard InChI is InChI=1S/C15H21BrO4/c1-4-20-15(17)13(16)7-5-6-11-8-9-12(18-2)10-14(11)19-3/h8-10,13H,4-7H2,1-3H3. The molecule has 112 valence electrons. The molecule has 20 heavy (non-hydrogen) atoms. The van der Waals surface area contributed by atoms with Crippen LogP contribution < -0.4 is 9.47 Å². The Kier molecular flexibility index (Phi) is 7.44. The zero-order valence-electron chi connectivity index (χ0n) is 12.1. The van der Waals surface area contributed by atoms with Crippen molar-refractivity contribution >= 4 is 21.9 Å². The first-order valence-electron chi connectivity index (χ1n) is 6.64. The highest BCUT2D eigenvalue weighted by atomic mass is 79.9. The van der Waals surface area contributed by atoms with Crippen LogP contribution in [0.3, 0.4) is 0 Å². The summed E-state index contributed by atoms with van der Waals surface area (Å²) in [6, 6.07) is 5.77. The average molecular weight is 345 g/mol. The van der Waals surface area contributed by atoms with E-state index in [9.17, 15) is 4.79 Å². The van der Waals surface area contributed by atoms with Gasteiger partial charge in [-0.25, -0.2) is 0 Å². The van der Waals surface area contributed by atoms with Crippen LogP contribution in [0.25, 0.3) is 0 Å². The van der Waals surface area contributed by atoms with Crippen LogP contribution in [0, 0.1) is 0 Å². The Labute approximate surface area is 128 Å². The molecule has 4 nitrogen and oxygen atoms in total. The van der Waals surface area contributed by atoms with Gasteiger partial charge in [0.15, 0.2) is 0 Å². The van der Waals surface area contributed by atoms with E-state index in [1.807, 2.05) is 18.2 Å². The van der Waals surface area contributed by atoms with Gasteiger partial charge in [-0.05, 0) is 37.8 Å². The first-order chi connectivity index (χ1) is 9.62. The molecule has 1 aromatic rings. The minimum atomic E-state index is -0.244. The van der Waals surface area contributed by atoms with Crippen LogP contribution in [0.15, 0.2) is 18.2 Å². The molecular formula is C15H21BrO4. The molecule has 1 rings (SSSR count). The predicted molar refractivity (Wildman–Crippen MR) is 81.8 cm³/mol. The number of aryl methyl sites for hydroxylation is 1. The van der Waals surface area contributed by atoms with Gasteiger partial charge < -0.3 is 14.2 Å². The molecule has 0 heterocycles. The van der Waals surface area contributed by atoms with Crippen molar-refractivity contribution in [1.29, 1.82) is 0 Å². The minimum Gasteiger partial charge on any atom is -0.497 e. The van der Waals surface area contributed by atoms with Gasteiger partial charge in [0.2, 0.25) is 0 Å². The fourth-order valence-corrected chi connectivity index (χ4v) is 2.34. The highest BCUT2D eigenvalue weighted by molar-refractivity contribution is 9.10. The monoisotopic (exact) mass is 344 g/mol. The van der Waals surface area contributed by atoms with E-state index in [4.69, 9.17) is 14.2 Å². The summed E-state index contributed by atoms with van der Waals surface area (Å²) in [4.78, 5) is 11.2. The van der Waals surface area contributed by atoms with Crippen molar-refractivity contribution in [2.75, 3.05) is 20.8 Å². The number of carbonyl (C=O) groups excluding carboxylic acids is 1. The van der Waals surface area contributed by atoms with E-state index in [-0.39, 0.29) is 10.8 Å². The Morgan fingerprint density at radius 3 is 2.65 bits per heavy atom. The third kappa shape index (κ3) is 5.04. The molecule has 0 N–H and O–H groups in total. The molecule has 5 heteroatoms. The molecule has 0 saturated carbocycles. The smallest absolute Gasteiger partial charge is 0.319 e. The number of alkyl halides is 1. The van der Waals surface area contributed by atoms with E-state index in [0.717, 1.165) is 36.3 Å². The largest absolute Gasteiger partial charge is 0.497 e. The number of ether oxygens (including phenoxy) is 3. The molecule has 0 amide bonds. The normalized spacial score (nSPS) is 11.8. The van der Waals surface area contributed by atoms with Gasteiger partial charge in [-0.3, -0.25) is 4.79 Å². The van der Waals surface area contributed by atoms with Crippen molar-refractivity contribution in [2.24, 2.45) is 0 Å². The lowest BCUT2D eigenvalue weighted by Gasteiger charge is -2.12. The van der Waals surface area contributed by atoms with Crippen molar-refractivity contribution in [1.82, 2.24) is 0 Å². The lowest BCUT2D eigenvalue weighted by Crippen LogP contribution is -2.17. The summed E-state index contributed by atoms with van der Waals surface area (Å²) >= 11 is 3.35. The summed E-state index contributed by atoms with van der Waals surface area (Å²) in [5, 5.41) is 0. The third-order valence-corrected chi connectivity index (χ3v) is 3.77. The molecule has 0 spiro atoms. The minimum absolute atomic E-state index is 0.200. The second-order valence-corrected chi connectivity index (χ2v) is 5.39. The van der Waals surface area contributed by atoms with Gasteiger partial charge in [0.25, 0.3) is 0 Å². The highest BCUT2D eigenvalue weighted by Gasteiger charge is 2.15. The molecule has 0 aliphatic heterocycles. The molecule has 0 saturated heterocycles. The number of rotatable bonds is 8. The zero-order valence-corrected chi connectivity index (χ0v) is 13.7. The van der Waals surface area contributed by atoms with E-state index < -0.39 is 0 Å². The Morgan fingerprint density at radius 2 is 2.05 bits per heavy atom. The molecule has 0 fully saturated rings. The Morgan fingerprint density at radius 1 is 1.30 bits per heavy atom. The van der Waals surface area contributed by atoms with Crippen molar-refractivity contribution in [3.8, 4) is 11.5 Å². The maximum Gasteiger partial charge on any atom is 0.319 e. The van der Waals surface area contributed by atoms with Crippen LogP contribution in [0.5, 0.6) is 11.5 Å². The Balaban J connectivity index is 2.51.